The molecule has 0 fully saturated rings. The third-order valence-electron chi connectivity index (χ3n) is 16.8. The molecule has 486 valence electrons. The Bertz CT molecular complexity index is 1430. The first kappa shape index (κ1) is 80.4. The first-order valence-electron chi connectivity index (χ1n) is 37.1. The van der Waals surface area contributed by atoms with E-state index >= 15 is 0 Å². The van der Waals surface area contributed by atoms with Gasteiger partial charge in [-0.3, -0.25) is 14.4 Å². The Morgan fingerprint density at radius 1 is 0.241 bits per heavy atom. The Balaban J connectivity index is 4.09. The summed E-state index contributed by atoms with van der Waals surface area (Å²) in [4.78, 5) is 38.4. The summed E-state index contributed by atoms with van der Waals surface area (Å²) in [6, 6.07) is 0. The standard InChI is InChI=1S/C77H142O6/c1-4-7-10-13-16-19-22-25-28-29-30-31-32-33-34-35-36-37-38-39-40-41-42-43-44-45-46-47-50-52-55-58-61-64-67-70-76(79)82-73-74(83-77(80)71-68-65-62-59-56-53-49-27-24-21-18-15-12-9-6-3)72-81-75(78)69-66-63-60-57-54-51-48-26-23-20-17-14-11-8-5-2/h22,25-27,29-30,48-49,74H,4-21,23-24,28,31-47,50-73H2,1-3H3/b25-22-,30-29-,48-26-,49-27-. The number of hydrogen-bond donors (Lipinski definition) is 0. The van der Waals surface area contributed by atoms with Crippen LogP contribution in [0.5, 0.6) is 0 Å². The van der Waals surface area contributed by atoms with Crippen LogP contribution in [0.2, 0.25) is 0 Å². The fourth-order valence-corrected chi connectivity index (χ4v) is 11.2. The lowest BCUT2D eigenvalue weighted by Gasteiger charge is -2.18. The molecule has 0 aromatic rings. The van der Waals surface area contributed by atoms with E-state index in [1.165, 1.54) is 289 Å². The Morgan fingerprint density at radius 2 is 0.434 bits per heavy atom. The summed E-state index contributed by atoms with van der Waals surface area (Å²) in [7, 11) is 0. The van der Waals surface area contributed by atoms with Crippen LogP contribution in [-0.4, -0.2) is 37.2 Å². The average molecular weight is 1160 g/mol. The quantitative estimate of drug-likeness (QED) is 0.0261. The fourth-order valence-electron chi connectivity index (χ4n) is 11.2. The molecule has 1 atom stereocenters. The third kappa shape index (κ3) is 70.0. The molecule has 0 aromatic carbocycles. The van der Waals surface area contributed by atoms with Crippen molar-refractivity contribution in [3.05, 3.63) is 48.6 Å². The van der Waals surface area contributed by atoms with Crippen molar-refractivity contribution < 1.29 is 28.6 Å². The molecule has 6 nitrogen and oxygen atoms in total. The van der Waals surface area contributed by atoms with Gasteiger partial charge in [0.2, 0.25) is 0 Å². The van der Waals surface area contributed by atoms with Crippen LogP contribution >= 0.6 is 0 Å². The molecule has 0 saturated heterocycles. The van der Waals surface area contributed by atoms with E-state index < -0.39 is 6.10 Å². The molecular formula is C77H142O6. The minimum atomic E-state index is -0.779. The zero-order valence-electron chi connectivity index (χ0n) is 56.0. The molecule has 0 heterocycles. The van der Waals surface area contributed by atoms with Crippen LogP contribution in [0.1, 0.15) is 406 Å². The van der Waals surface area contributed by atoms with Crippen LogP contribution in [0.4, 0.5) is 0 Å². The highest BCUT2D eigenvalue weighted by atomic mass is 16.6. The first-order chi connectivity index (χ1) is 41.0. The predicted molar refractivity (Wildman–Crippen MR) is 362 cm³/mol. The molecule has 0 aliphatic rings. The zero-order chi connectivity index (χ0) is 59.9. The minimum absolute atomic E-state index is 0.0742. The van der Waals surface area contributed by atoms with E-state index in [4.69, 9.17) is 14.2 Å². The van der Waals surface area contributed by atoms with Crippen molar-refractivity contribution in [3.8, 4) is 0 Å². The molecule has 1 unspecified atom stereocenters. The molecule has 0 radical (unpaired) electrons. The molecule has 6 heteroatoms. The molecule has 0 aromatic heterocycles. The maximum absolute atomic E-state index is 12.9. The summed E-state index contributed by atoms with van der Waals surface area (Å²) in [6.07, 6.45) is 91.7. The van der Waals surface area contributed by atoms with Crippen LogP contribution < -0.4 is 0 Å². The van der Waals surface area contributed by atoms with Gasteiger partial charge in [-0.15, -0.1) is 0 Å². The third-order valence-corrected chi connectivity index (χ3v) is 16.8. The molecule has 0 spiro atoms. The molecule has 0 N–H and O–H groups in total. The van der Waals surface area contributed by atoms with E-state index in [1.54, 1.807) is 0 Å². The second-order valence-corrected chi connectivity index (χ2v) is 25.2. The Morgan fingerprint density at radius 3 is 0.675 bits per heavy atom. The lowest BCUT2D eigenvalue weighted by molar-refractivity contribution is -0.167. The summed E-state index contributed by atoms with van der Waals surface area (Å²) in [6.45, 7) is 6.67. The van der Waals surface area contributed by atoms with E-state index in [9.17, 15) is 14.4 Å². The number of hydrogen-bond acceptors (Lipinski definition) is 6. The van der Waals surface area contributed by atoms with Crippen molar-refractivity contribution in [2.45, 2.75) is 412 Å². The van der Waals surface area contributed by atoms with Gasteiger partial charge >= 0.3 is 17.9 Å². The normalized spacial score (nSPS) is 12.3. The SMILES string of the molecule is CCCCCCC/C=C\C/C=C\CCCCCCCCCCCCCCCCCCCCCCCCCC(=O)OCC(COC(=O)CCCCCCC/C=C\CCCCCCCC)OC(=O)CCCCCCC/C=C\CCCCCCCC. The van der Waals surface area contributed by atoms with Crippen molar-refractivity contribution in [2.24, 2.45) is 0 Å². The average Bonchev–Trinajstić information content (AvgIpc) is 3.49. The van der Waals surface area contributed by atoms with Crippen molar-refractivity contribution in [3.63, 3.8) is 0 Å². The van der Waals surface area contributed by atoms with Crippen LogP contribution in [0.25, 0.3) is 0 Å². The number of carbonyl (C=O) groups is 3. The van der Waals surface area contributed by atoms with Gasteiger partial charge in [-0.1, -0.05) is 333 Å². The number of unbranched alkanes of at least 4 members (excludes halogenated alkanes) is 50. The van der Waals surface area contributed by atoms with Crippen molar-refractivity contribution in [1.82, 2.24) is 0 Å². The molecule has 0 aliphatic carbocycles. The van der Waals surface area contributed by atoms with E-state index in [1.807, 2.05) is 0 Å². The fraction of sp³-hybridized carbons (Fsp3) is 0.857. The summed E-state index contributed by atoms with van der Waals surface area (Å²) in [5.41, 5.74) is 0. The van der Waals surface area contributed by atoms with Crippen molar-refractivity contribution >= 4 is 17.9 Å². The Kier molecular flexibility index (Phi) is 69.6. The summed E-state index contributed by atoms with van der Waals surface area (Å²) in [5, 5.41) is 0. The van der Waals surface area contributed by atoms with Crippen LogP contribution in [-0.2, 0) is 28.6 Å². The Labute approximate surface area is 518 Å². The van der Waals surface area contributed by atoms with Gasteiger partial charge in [-0.05, 0) is 103 Å². The van der Waals surface area contributed by atoms with Gasteiger partial charge in [-0.25, -0.2) is 0 Å². The number of rotatable bonds is 69. The van der Waals surface area contributed by atoms with Crippen LogP contribution in [0.15, 0.2) is 48.6 Å². The highest BCUT2D eigenvalue weighted by Crippen LogP contribution is 2.18. The zero-order valence-corrected chi connectivity index (χ0v) is 56.0. The van der Waals surface area contributed by atoms with Gasteiger partial charge in [0.15, 0.2) is 6.10 Å². The summed E-state index contributed by atoms with van der Waals surface area (Å²) >= 11 is 0. The van der Waals surface area contributed by atoms with E-state index in [0.29, 0.717) is 19.3 Å². The van der Waals surface area contributed by atoms with Gasteiger partial charge < -0.3 is 14.2 Å². The summed E-state index contributed by atoms with van der Waals surface area (Å²) in [5.74, 6) is -0.865. The van der Waals surface area contributed by atoms with Gasteiger partial charge in [0.1, 0.15) is 13.2 Å². The number of ether oxygens (including phenoxy) is 3. The predicted octanol–water partition coefficient (Wildman–Crippen LogP) is 25.7. The second-order valence-electron chi connectivity index (χ2n) is 25.2. The summed E-state index contributed by atoms with van der Waals surface area (Å²) < 4.78 is 17.0. The highest BCUT2D eigenvalue weighted by Gasteiger charge is 2.19. The highest BCUT2D eigenvalue weighted by molar-refractivity contribution is 5.71. The smallest absolute Gasteiger partial charge is 0.306 e. The maximum atomic E-state index is 12.9. The van der Waals surface area contributed by atoms with Crippen LogP contribution in [0, 0.1) is 0 Å². The van der Waals surface area contributed by atoms with E-state index in [0.717, 1.165) is 77.0 Å². The molecule has 0 amide bonds. The molecule has 83 heavy (non-hydrogen) atoms. The van der Waals surface area contributed by atoms with Crippen molar-refractivity contribution in [1.29, 1.82) is 0 Å². The maximum Gasteiger partial charge on any atom is 0.306 e. The van der Waals surface area contributed by atoms with Crippen LogP contribution in [0.3, 0.4) is 0 Å². The van der Waals surface area contributed by atoms with E-state index in [2.05, 4.69) is 69.4 Å². The molecule has 0 saturated carbocycles. The topological polar surface area (TPSA) is 78.9 Å². The van der Waals surface area contributed by atoms with Gasteiger partial charge in [0.05, 0.1) is 0 Å². The van der Waals surface area contributed by atoms with Gasteiger partial charge in [-0.2, -0.15) is 0 Å². The van der Waals surface area contributed by atoms with Crippen molar-refractivity contribution in [2.75, 3.05) is 13.2 Å². The minimum Gasteiger partial charge on any atom is -0.462 e. The van der Waals surface area contributed by atoms with Gasteiger partial charge in [0.25, 0.3) is 0 Å². The second kappa shape index (κ2) is 71.8. The van der Waals surface area contributed by atoms with Gasteiger partial charge in [0, 0.05) is 19.3 Å². The van der Waals surface area contributed by atoms with E-state index in [-0.39, 0.29) is 31.1 Å². The largest absolute Gasteiger partial charge is 0.462 e. The molecule has 0 aliphatic heterocycles. The first-order valence-corrected chi connectivity index (χ1v) is 37.1. The monoisotopic (exact) mass is 1160 g/mol. The number of allylic oxidation sites excluding steroid dienone is 8. The lowest BCUT2D eigenvalue weighted by Crippen LogP contribution is -2.30. The Hall–Kier alpha value is -2.63. The molecule has 0 rings (SSSR count). The molecular weight excluding hydrogens is 1020 g/mol. The lowest BCUT2D eigenvalue weighted by atomic mass is 10.0. The number of esters is 3. The molecule has 0 bridgehead atoms. The number of carbonyl (C=O) groups excluding carboxylic acids is 3.